The molecule has 3 rings (SSSR count). The SMILES string of the molecule is O=c1[nH]c(-c2ccco2)nc2cccc(F)c12. The average molecular weight is 230 g/mol. The third-order valence-corrected chi connectivity index (χ3v) is 2.44. The molecule has 0 aliphatic rings. The van der Waals surface area contributed by atoms with E-state index in [9.17, 15) is 9.18 Å². The molecule has 1 N–H and O–H groups in total. The second kappa shape index (κ2) is 3.55. The number of H-pyrrole nitrogens is 1. The van der Waals surface area contributed by atoms with Gasteiger partial charge in [0.2, 0.25) is 0 Å². The number of aromatic nitrogens is 2. The molecule has 0 saturated heterocycles. The monoisotopic (exact) mass is 230 g/mol. The van der Waals surface area contributed by atoms with Crippen LogP contribution in [0.25, 0.3) is 22.5 Å². The zero-order chi connectivity index (χ0) is 11.8. The number of furan rings is 1. The van der Waals surface area contributed by atoms with Crippen LogP contribution in [0, 0.1) is 5.82 Å². The van der Waals surface area contributed by atoms with E-state index in [-0.39, 0.29) is 11.2 Å². The molecule has 0 aliphatic heterocycles. The van der Waals surface area contributed by atoms with Gasteiger partial charge in [0.1, 0.15) is 11.2 Å². The summed E-state index contributed by atoms with van der Waals surface area (Å²) in [6, 6.07) is 7.68. The smallest absolute Gasteiger partial charge is 0.262 e. The molecule has 0 atom stereocenters. The summed E-state index contributed by atoms with van der Waals surface area (Å²) >= 11 is 0. The van der Waals surface area contributed by atoms with E-state index in [0.29, 0.717) is 11.3 Å². The lowest BCUT2D eigenvalue weighted by molar-refractivity contribution is 0.577. The van der Waals surface area contributed by atoms with Crippen LogP contribution >= 0.6 is 0 Å². The third-order valence-electron chi connectivity index (χ3n) is 2.44. The minimum atomic E-state index is -0.581. The number of nitrogens with one attached hydrogen (secondary N) is 1. The molecule has 4 nitrogen and oxygen atoms in total. The van der Waals surface area contributed by atoms with Crippen LogP contribution in [0.15, 0.2) is 45.8 Å². The van der Waals surface area contributed by atoms with Crippen molar-refractivity contribution in [1.29, 1.82) is 0 Å². The van der Waals surface area contributed by atoms with Crippen molar-refractivity contribution in [2.45, 2.75) is 0 Å². The predicted molar refractivity (Wildman–Crippen MR) is 60.0 cm³/mol. The van der Waals surface area contributed by atoms with Gasteiger partial charge in [-0.25, -0.2) is 9.37 Å². The van der Waals surface area contributed by atoms with Gasteiger partial charge in [-0.15, -0.1) is 0 Å². The minimum absolute atomic E-state index is 0.0391. The average Bonchev–Trinajstić information content (AvgIpc) is 2.81. The van der Waals surface area contributed by atoms with Crippen LogP contribution in [0.2, 0.25) is 0 Å². The summed E-state index contributed by atoms with van der Waals surface area (Å²) in [6.07, 6.45) is 1.48. The lowest BCUT2D eigenvalue weighted by Crippen LogP contribution is -2.10. The second-order valence-corrected chi connectivity index (χ2v) is 3.53. The van der Waals surface area contributed by atoms with Crippen molar-refractivity contribution in [3.63, 3.8) is 0 Å². The standard InChI is InChI=1S/C12H7FN2O2/c13-7-3-1-4-8-10(7)12(16)15-11(14-8)9-5-2-6-17-9/h1-6H,(H,14,15,16). The van der Waals surface area contributed by atoms with Crippen LogP contribution in [0.1, 0.15) is 0 Å². The summed E-state index contributed by atoms with van der Waals surface area (Å²) in [7, 11) is 0. The van der Waals surface area contributed by atoms with Gasteiger partial charge in [0.25, 0.3) is 5.56 Å². The van der Waals surface area contributed by atoms with Gasteiger partial charge in [-0.2, -0.15) is 0 Å². The van der Waals surface area contributed by atoms with Gasteiger partial charge in [-0.05, 0) is 24.3 Å². The quantitative estimate of drug-likeness (QED) is 0.697. The first-order chi connectivity index (χ1) is 8.25. The summed E-state index contributed by atoms with van der Waals surface area (Å²) in [4.78, 5) is 18.4. The van der Waals surface area contributed by atoms with Crippen LogP contribution < -0.4 is 5.56 Å². The maximum atomic E-state index is 13.4. The first-order valence-electron chi connectivity index (χ1n) is 4.98. The van der Waals surface area contributed by atoms with Crippen LogP contribution in [0.5, 0.6) is 0 Å². The van der Waals surface area contributed by atoms with Gasteiger partial charge in [-0.1, -0.05) is 6.07 Å². The van der Waals surface area contributed by atoms with Gasteiger partial charge in [0.15, 0.2) is 11.6 Å². The molecule has 84 valence electrons. The van der Waals surface area contributed by atoms with Crippen LogP contribution in [0.4, 0.5) is 4.39 Å². The Hall–Kier alpha value is -2.43. The fourth-order valence-corrected chi connectivity index (χ4v) is 1.68. The number of fused-ring (bicyclic) bond motifs is 1. The summed E-state index contributed by atoms with van der Waals surface area (Å²) < 4.78 is 18.6. The molecule has 17 heavy (non-hydrogen) atoms. The molecule has 0 radical (unpaired) electrons. The Bertz CT molecular complexity index is 732. The number of rotatable bonds is 1. The van der Waals surface area contributed by atoms with E-state index < -0.39 is 11.4 Å². The number of benzene rings is 1. The van der Waals surface area contributed by atoms with Crippen molar-refractivity contribution < 1.29 is 8.81 Å². The van der Waals surface area contributed by atoms with Crippen molar-refractivity contribution in [2.24, 2.45) is 0 Å². The molecule has 0 saturated carbocycles. The van der Waals surface area contributed by atoms with E-state index in [2.05, 4.69) is 9.97 Å². The molecule has 3 aromatic rings. The Balaban J connectivity index is 2.36. The number of halogens is 1. The molecular weight excluding hydrogens is 223 g/mol. The lowest BCUT2D eigenvalue weighted by atomic mass is 10.2. The maximum Gasteiger partial charge on any atom is 0.262 e. The number of hydrogen-bond donors (Lipinski definition) is 1. The van der Waals surface area contributed by atoms with Gasteiger partial charge >= 0.3 is 0 Å². The van der Waals surface area contributed by atoms with Crippen molar-refractivity contribution in [3.8, 4) is 11.6 Å². The number of hydrogen-bond acceptors (Lipinski definition) is 3. The van der Waals surface area contributed by atoms with E-state index in [1.165, 1.54) is 18.4 Å². The Morgan fingerprint density at radius 2 is 2.12 bits per heavy atom. The Labute approximate surface area is 94.7 Å². The number of nitrogens with zero attached hydrogens (tertiary/aromatic N) is 1. The Morgan fingerprint density at radius 3 is 2.88 bits per heavy atom. The van der Waals surface area contributed by atoms with E-state index in [1.807, 2.05) is 0 Å². The molecule has 0 aliphatic carbocycles. The molecule has 0 fully saturated rings. The lowest BCUT2D eigenvalue weighted by Gasteiger charge is -2.00. The van der Waals surface area contributed by atoms with Gasteiger partial charge in [-0.3, -0.25) is 4.79 Å². The highest BCUT2D eigenvalue weighted by Crippen LogP contribution is 2.17. The summed E-state index contributed by atoms with van der Waals surface area (Å²) in [5.41, 5.74) is -0.209. The van der Waals surface area contributed by atoms with Gasteiger partial charge < -0.3 is 9.40 Å². The van der Waals surface area contributed by atoms with Crippen molar-refractivity contribution in [3.05, 3.63) is 52.8 Å². The minimum Gasteiger partial charge on any atom is -0.461 e. The molecule has 2 aromatic heterocycles. The zero-order valence-corrected chi connectivity index (χ0v) is 8.61. The van der Waals surface area contributed by atoms with Gasteiger partial charge in [0, 0.05) is 0 Å². The molecule has 0 unspecified atom stereocenters. The molecule has 1 aromatic carbocycles. The molecule has 0 spiro atoms. The summed E-state index contributed by atoms with van der Waals surface area (Å²) in [5.74, 6) is 0.147. The maximum absolute atomic E-state index is 13.4. The third kappa shape index (κ3) is 1.52. The van der Waals surface area contributed by atoms with Crippen LogP contribution in [-0.4, -0.2) is 9.97 Å². The predicted octanol–water partition coefficient (Wildman–Crippen LogP) is 2.32. The zero-order valence-electron chi connectivity index (χ0n) is 8.61. The van der Waals surface area contributed by atoms with Crippen LogP contribution in [0.3, 0.4) is 0 Å². The van der Waals surface area contributed by atoms with Crippen molar-refractivity contribution in [2.75, 3.05) is 0 Å². The van der Waals surface area contributed by atoms with E-state index in [0.717, 1.165) is 0 Å². The fourth-order valence-electron chi connectivity index (χ4n) is 1.68. The second-order valence-electron chi connectivity index (χ2n) is 3.53. The van der Waals surface area contributed by atoms with E-state index >= 15 is 0 Å². The van der Waals surface area contributed by atoms with Crippen LogP contribution in [-0.2, 0) is 0 Å². The number of aromatic amines is 1. The largest absolute Gasteiger partial charge is 0.461 e. The first-order valence-corrected chi connectivity index (χ1v) is 4.98. The topological polar surface area (TPSA) is 58.9 Å². The highest BCUT2D eigenvalue weighted by molar-refractivity contribution is 5.79. The first kappa shape index (κ1) is 9.77. The van der Waals surface area contributed by atoms with Crippen molar-refractivity contribution >= 4 is 10.9 Å². The highest BCUT2D eigenvalue weighted by Gasteiger charge is 2.10. The molecule has 5 heteroatoms. The fraction of sp³-hybridized carbons (Fsp3) is 0. The van der Waals surface area contributed by atoms with E-state index in [1.54, 1.807) is 18.2 Å². The molecule has 2 heterocycles. The summed E-state index contributed by atoms with van der Waals surface area (Å²) in [6.45, 7) is 0. The van der Waals surface area contributed by atoms with E-state index in [4.69, 9.17) is 4.42 Å². The summed E-state index contributed by atoms with van der Waals surface area (Å²) in [5, 5.41) is -0.0391. The van der Waals surface area contributed by atoms with Gasteiger partial charge in [0.05, 0.1) is 11.8 Å². The normalized spacial score (nSPS) is 10.9. The molecular formula is C12H7FN2O2. The molecule has 0 amide bonds. The Morgan fingerprint density at radius 1 is 1.24 bits per heavy atom. The Kier molecular flexibility index (Phi) is 2.04. The van der Waals surface area contributed by atoms with Crippen molar-refractivity contribution in [1.82, 2.24) is 9.97 Å². The molecule has 0 bridgehead atoms. The highest BCUT2D eigenvalue weighted by atomic mass is 19.1.